The summed E-state index contributed by atoms with van der Waals surface area (Å²) in [6, 6.07) is 15.3. The molecule has 1 aliphatic heterocycles. The second-order valence-corrected chi connectivity index (χ2v) is 7.97. The van der Waals surface area contributed by atoms with E-state index in [2.05, 4.69) is 11.0 Å². The first-order chi connectivity index (χ1) is 14.1. The molecular formula is C21H19FN4O2S. The molecule has 5 rings (SSSR count). The lowest BCUT2D eigenvalue weighted by Crippen LogP contribution is -2.46. The summed E-state index contributed by atoms with van der Waals surface area (Å²) in [5.74, 6) is -0.508. The molecule has 0 spiro atoms. The molecule has 29 heavy (non-hydrogen) atoms. The monoisotopic (exact) mass is 410 g/mol. The first-order valence-electron chi connectivity index (χ1n) is 9.35. The lowest BCUT2D eigenvalue weighted by atomic mass is 10.3. The number of piperazine rings is 1. The van der Waals surface area contributed by atoms with Gasteiger partial charge in [-0.25, -0.2) is 13.9 Å². The van der Waals surface area contributed by atoms with Crippen LogP contribution < -0.4 is 9.80 Å². The minimum Gasteiger partial charge on any atom is -0.494 e. The fourth-order valence-electron chi connectivity index (χ4n) is 3.69. The van der Waals surface area contributed by atoms with Crippen molar-refractivity contribution in [3.05, 3.63) is 60.4 Å². The van der Waals surface area contributed by atoms with Gasteiger partial charge in [0.1, 0.15) is 11.5 Å². The van der Waals surface area contributed by atoms with E-state index in [0.717, 1.165) is 23.7 Å². The normalized spacial score (nSPS) is 14.7. The number of anilines is 2. The third kappa shape index (κ3) is 3.15. The molecule has 2 N–H and O–H groups in total. The fourth-order valence-corrected chi connectivity index (χ4v) is 4.70. The smallest absolute Gasteiger partial charge is 0.223 e. The van der Waals surface area contributed by atoms with Crippen LogP contribution in [0.15, 0.2) is 54.6 Å². The van der Waals surface area contributed by atoms with Crippen molar-refractivity contribution >= 4 is 32.4 Å². The maximum absolute atomic E-state index is 13.2. The van der Waals surface area contributed by atoms with E-state index in [1.807, 2.05) is 23.1 Å². The van der Waals surface area contributed by atoms with Crippen LogP contribution in [0.2, 0.25) is 0 Å². The summed E-state index contributed by atoms with van der Waals surface area (Å²) in [5.41, 5.74) is 2.07. The Morgan fingerprint density at radius 3 is 2.31 bits per heavy atom. The Balaban J connectivity index is 1.35. The number of aromatic nitrogens is 2. The van der Waals surface area contributed by atoms with Crippen LogP contribution in [0.3, 0.4) is 0 Å². The third-order valence-corrected chi connectivity index (χ3v) is 6.29. The first kappa shape index (κ1) is 17.8. The molecule has 2 aromatic carbocycles. The van der Waals surface area contributed by atoms with E-state index >= 15 is 0 Å². The number of aromatic hydroxyl groups is 2. The molecule has 8 heteroatoms. The second kappa shape index (κ2) is 6.97. The van der Waals surface area contributed by atoms with E-state index in [-0.39, 0.29) is 17.6 Å². The summed E-state index contributed by atoms with van der Waals surface area (Å²) in [5, 5.41) is 22.0. The van der Waals surface area contributed by atoms with Gasteiger partial charge in [-0.1, -0.05) is 23.5 Å². The molecular weight excluding hydrogens is 391 g/mol. The number of benzene rings is 2. The van der Waals surface area contributed by atoms with Crippen LogP contribution >= 0.6 is 11.3 Å². The standard InChI is InChI=1S/C21H19FN4O2S/c22-14-5-7-15(8-6-14)26-19(27)13-17(20(26)28)24-9-11-25(12-10-24)21-23-16-3-1-2-4-18(16)29-21/h1-8,13,27-28H,9-12H2. The van der Waals surface area contributed by atoms with Gasteiger partial charge >= 0.3 is 0 Å². The van der Waals surface area contributed by atoms with Gasteiger partial charge in [-0.2, -0.15) is 0 Å². The van der Waals surface area contributed by atoms with Crippen molar-refractivity contribution in [2.45, 2.75) is 0 Å². The van der Waals surface area contributed by atoms with Crippen LogP contribution in [0.1, 0.15) is 0 Å². The quantitative estimate of drug-likeness (QED) is 0.535. The Labute approximate surface area is 170 Å². The van der Waals surface area contributed by atoms with Crippen LogP contribution in [-0.4, -0.2) is 45.9 Å². The minimum atomic E-state index is -0.369. The lowest BCUT2D eigenvalue weighted by molar-refractivity contribution is 0.402. The molecule has 1 saturated heterocycles. The number of para-hydroxylation sites is 1. The zero-order valence-corrected chi connectivity index (χ0v) is 16.3. The molecule has 0 atom stereocenters. The number of thiazole rings is 1. The van der Waals surface area contributed by atoms with E-state index in [9.17, 15) is 14.6 Å². The molecule has 0 amide bonds. The van der Waals surface area contributed by atoms with Gasteiger partial charge in [0.2, 0.25) is 11.8 Å². The van der Waals surface area contributed by atoms with Crippen molar-refractivity contribution in [2.24, 2.45) is 0 Å². The summed E-state index contributed by atoms with van der Waals surface area (Å²) in [4.78, 5) is 9.00. The van der Waals surface area contributed by atoms with E-state index < -0.39 is 0 Å². The first-order valence-corrected chi connectivity index (χ1v) is 10.2. The summed E-state index contributed by atoms with van der Waals surface area (Å²) < 4.78 is 15.7. The van der Waals surface area contributed by atoms with Gasteiger partial charge in [0.05, 0.1) is 15.9 Å². The predicted molar refractivity (Wildman–Crippen MR) is 113 cm³/mol. The number of hydrogen-bond acceptors (Lipinski definition) is 6. The van der Waals surface area contributed by atoms with Crippen LogP contribution in [-0.2, 0) is 0 Å². The third-order valence-electron chi connectivity index (χ3n) is 5.19. The van der Waals surface area contributed by atoms with Gasteiger partial charge in [-0.05, 0) is 36.4 Å². The molecule has 6 nitrogen and oxygen atoms in total. The van der Waals surface area contributed by atoms with Crippen LogP contribution in [0, 0.1) is 5.82 Å². The van der Waals surface area contributed by atoms with Crippen molar-refractivity contribution < 1.29 is 14.6 Å². The Bertz CT molecular complexity index is 1130. The predicted octanol–water partition coefficient (Wildman–Crippen LogP) is 3.96. The van der Waals surface area contributed by atoms with Crippen molar-refractivity contribution in [1.29, 1.82) is 0 Å². The van der Waals surface area contributed by atoms with Crippen LogP contribution in [0.5, 0.6) is 11.8 Å². The van der Waals surface area contributed by atoms with Crippen molar-refractivity contribution in [2.75, 3.05) is 36.0 Å². The van der Waals surface area contributed by atoms with Gasteiger partial charge in [-0.3, -0.25) is 0 Å². The fraction of sp³-hybridized carbons (Fsp3) is 0.190. The van der Waals surface area contributed by atoms with Gasteiger partial charge in [0, 0.05) is 32.2 Å². The Hall–Kier alpha value is -3.26. The Morgan fingerprint density at radius 2 is 1.59 bits per heavy atom. The molecule has 0 bridgehead atoms. The highest BCUT2D eigenvalue weighted by atomic mass is 32.1. The molecule has 0 radical (unpaired) electrons. The summed E-state index contributed by atoms with van der Waals surface area (Å²) in [7, 11) is 0. The molecule has 0 unspecified atom stereocenters. The molecule has 148 valence electrons. The molecule has 4 aromatic rings. The maximum Gasteiger partial charge on any atom is 0.223 e. The summed E-state index contributed by atoms with van der Waals surface area (Å²) >= 11 is 1.68. The average molecular weight is 410 g/mol. The van der Waals surface area contributed by atoms with E-state index in [0.29, 0.717) is 24.5 Å². The lowest BCUT2D eigenvalue weighted by Gasteiger charge is -2.35. The topological polar surface area (TPSA) is 64.8 Å². The SMILES string of the molecule is Oc1cc(N2CCN(c3nc4ccccc4s3)CC2)c(O)n1-c1ccc(F)cc1. The average Bonchev–Trinajstić information content (AvgIpc) is 3.30. The van der Waals surface area contributed by atoms with Crippen molar-refractivity contribution in [1.82, 2.24) is 9.55 Å². The number of hydrogen-bond donors (Lipinski definition) is 2. The number of fused-ring (bicyclic) bond motifs is 1. The second-order valence-electron chi connectivity index (χ2n) is 6.96. The number of nitrogens with zero attached hydrogens (tertiary/aromatic N) is 4. The Kier molecular flexibility index (Phi) is 4.28. The van der Waals surface area contributed by atoms with E-state index in [1.54, 1.807) is 17.4 Å². The summed E-state index contributed by atoms with van der Waals surface area (Å²) in [6.07, 6.45) is 0. The van der Waals surface area contributed by atoms with E-state index in [4.69, 9.17) is 4.98 Å². The zero-order chi connectivity index (χ0) is 20.0. The molecule has 0 saturated carbocycles. The highest BCUT2D eigenvalue weighted by molar-refractivity contribution is 7.22. The Morgan fingerprint density at radius 1 is 0.897 bits per heavy atom. The maximum atomic E-state index is 13.2. The van der Waals surface area contributed by atoms with Crippen LogP contribution in [0.25, 0.3) is 15.9 Å². The number of halogens is 1. The van der Waals surface area contributed by atoms with Crippen molar-refractivity contribution in [3.8, 4) is 17.4 Å². The van der Waals surface area contributed by atoms with Gasteiger partial charge in [-0.15, -0.1) is 0 Å². The van der Waals surface area contributed by atoms with Gasteiger partial charge in [0.15, 0.2) is 5.13 Å². The van der Waals surface area contributed by atoms with Gasteiger partial charge < -0.3 is 20.0 Å². The molecule has 1 fully saturated rings. The molecule has 3 heterocycles. The highest BCUT2D eigenvalue weighted by Gasteiger charge is 2.25. The summed E-state index contributed by atoms with van der Waals surface area (Å²) in [6.45, 7) is 2.91. The van der Waals surface area contributed by atoms with E-state index in [1.165, 1.54) is 33.5 Å². The van der Waals surface area contributed by atoms with Crippen molar-refractivity contribution in [3.63, 3.8) is 0 Å². The molecule has 0 aliphatic carbocycles. The molecule has 2 aromatic heterocycles. The highest BCUT2D eigenvalue weighted by Crippen LogP contribution is 2.39. The van der Waals surface area contributed by atoms with Crippen LogP contribution in [0.4, 0.5) is 15.2 Å². The molecule has 1 aliphatic rings. The largest absolute Gasteiger partial charge is 0.494 e. The number of rotatable bonds is 3. The zero-order valence-electron chi connectivity index (χ0n) is 15.5. The minimum absolute atomic E-state index is 0.0532. The van der Waals surface area contributed by atoms with Gasteiger partial charge in [0.25, 0.3) is 0 Å².